The fourth-order valence-electron chi connectivity index (χ4n) is 2.25. The van der Waals surface area contributed by atoms with Gasteiger partial charge in [0.1, 0.15) is 0 Å². The predicted octanol–water partition coefficient (Wildman–Crippen LogP) is 2.89. The van der Waals surface area contributed by atoms with Crippen LogP contribution >= 0.6 is 0 Å². The molecular formula is C19H19N3O6. The number of ether oxygens (including phenoxy) is 1. The highest BCUT2D eigenvalue weighted by Gasteiger charge is 2.11. The van der Waals surface area contributed by atoms with Crippen LogP contribution in [0.4, 0.5) is 17.1 Å². The van der Waals surface area contributed by atoms with Crippen LogP contribution in [0.2, 0.25) is 0 Å². The van der Waals surface area contributed by atoms with Gasteiger partial charge in [0.25, 0.3) is 11.6 Å². The van der Waals surface area contributed by atoms with E-state index in [0.717, 1.165) is 0 Å². The highest BCUT2D eigenvalue weighted by atomic mass is 16.6. The molecule has 0 atom stereocenters. The molecule has 0 unspecified atom stereocenters. The van der Waals surface area contributed by atoms with Gasteiger partial charge in [-0.05, 0) is 24.6 Å². The number of esters is 1. The highest BCUT2D eigenvalue weighted by molar-refractivity contribution is 5.93. The van der Waals surface area contributed by atoms with E-state index in [4.69, 9.17) is 4.74 Å². The van der Waals surface area contributed by atoms with E-state index >= 15 is 0 Å². The first-order chi connectivity index (χ1) is 13.4. The average molecular weight is 385 g/mol. The summed E-state index contributed by atoms with van der Waals surface area (Å²) >= 11 is 0. The van der Waals surface area contributed by atoms with Crippen LogP contribution in [0.5, 0.6) is 0 Å². The molecule has 0 aliphatic carbocycles. The van der Waals surface area contributed by atoms with Crippen LogP contribution in [0.1, 0.15) is 19.3 Å². The molecule has 0 saturated heterocycles. The van der Waals surface area contributed by atoms with E-state index in [1.54, 1.807) is 24.3 Å². The van der Waals surface area contributed by atoms with Gasteiger partial charge >= 0.3 is 5.97 Å². The number of hydrogen-bond acceptors (Lipinski definition) is 6. The summed E-state index contributed by atoms with van der Waals surface area (Å²) in [4.78, 5) is 45.3. The average Bonchev–Trinajstić information content (AvgIpc) is 2.67. The Balaban J connectivity index is 1.65. The third-order valence-electron chi connectivity index (χ3n) is 3.55. The van der Waals surface area contributed by atoms with Gasteiger partial charge in [-0.2, -0.15) is 0 Å². The summed E-state index contributed by atoms with van der Waals surface area (Å²) < 4.78 is 4.86. The van der Waals surface area contributed by atoms with Crippen LogP contribution in [-0.4, -0.2) is 29.3 Å². The van der Waals surface area contributed by atoms with Crippen molar-refractivity contribution in [3.05, 3.63) is 64.7 Å². The van der Waals surface area contributed by atoms with Gasteiger partial charge in [-0.3, -0.25) is 24.5 Å². The van der Waals surface area contributed by atoms with Crippen molar-refractivity contribution < 1.29 is 24.0 Å². The van der Waals surface area contributed by atoms with Gasteiger partial charge in [-0.15, -0.1) is 0 Å². The van der Waals surface area contributed by atoms with E-state index in [-0.39, 0.29) is 30.9 Å². The number of nitro benzene ring substituents is 1. The zero-order valence-corrected chi connectivity index (χ0v) is 14.9. The Morgan fingerprint density at radius 1 is 0.893 bits per heavy atom. The topological polar surface area (TPSA) is 128 Å². The van der Waals surface area contributed by atoms with Crippen molar-refractivity contribution in [3.8, 4) is 0 Å². The lowest BCUT2D eigenvalue weighted by Crippen LogP contribution is -2.21. The SMILES string of the molecule is O=C(CCCC(=O)OCC(=O)Nc1ccccc1)Nc1cccc([N+](=O)[O-])c1. The Hall–Kier alpha value is -3.75. The van der Waals surface area contributed by atoms with Crippen molar-refractivity contribution in [2.45, 2.75) is 19.3 Å². The monoisotopic (exact) mass is 385 g/mol. The second-order valence-corrected chi connectivity index (χ2v) is 5.78. The summed E-state index contributed by atoms with van der Waals surface area (Å²) in [6, 6.07) is 14.3. The van der Waals surface area contributed by atoms with Crippen LogP contribution in [0.15, 0.2) is 54.6 Å². The first-order valence-electron chi connectivity index (χ1n) is 8.49. The van der Waals surface area contributed by atoms with E-state index < -0.39 is 23.4 Å². The Kier molecular flexibility index (Phi) is 7.64. The highest BCUT2D eigenvalue weighted by Crippen LogP contribution is 2.17. The minimum atomic E-state index is -0.591. The van der Waals surface area contributed by atoms with Crippen molar-refractivity contribution >= 4 is 34.8 Å². The fourth-order valence-corrected chi connectivity index (χ4v) is 2.25. The number of rotatable bonds is 9. The quantitative estimate of drug-likeness (QED) is 0.388. The maximum Gasteiger partial charge on any atom is 0.306 e. The molecule has 0 heterocycles. The zero-order valence-electron chi connectivity index (χ0n) is 14.9. The molecule has 9 nitrogen and oxygen atoms in total. The molecule has 0 radical (unpaired) electrons. The molecule has 0 fully saturated rings. The molecule has 2 amide bonds. The van der Waals surface area contributed by atoms with Gasteiger partial charge in [0.2, 0.25) is 5.91 Å². The number of amides is 2. The van der Waals surface area contributed by atoms with Gasteiger partial charge in [-0.25, -0.2) is 0 Å². The standard InChI is InChI=1S/C19H19N3O6/c23-17(21-15-8-4-9-16(12-15)22(26)27)10-5-11-19(25)28-13-18(24)20-14-6-2-1-3-7-14/h1-4,6-9,12H,5,10-11,13H2,(H,20,24)(H,21,23). The summed E-state index contributed by atoms with van der Waals surface area (Å²) in [5.41, 5.74) is 0.774. The van der Waals surface area contributed by atoms with E-state index in [1.165, 1.54) is 24.3 Å². The molecule has 0 aliphatic rings. The minimum absolute atomic E-state index is 0.0268. The van der Waals surface area contributed by atoms with E-state index in [2.05, 4.69) is 10.6 Å². The minimum Gasteiger partial charge on any atom is -0.456 e. The number of anilines is 2. The van der Waals surface area contributed by atoms with Crippen molar-refractivity contribution in [1.82, 2.24) is 0 Å². The molecule has 2 aromatic carbocycles. The maximum atomic E-state index is 11.8. The van der Waals surface area contributed by atoms with Crippen LogP contribution in [0, 0.1) is 10.1 Å². The van der Waals surface area contributed by atoms with Crippen LogP contribution < -0.4 is 10.6 Å². The van der Waals surface area contributed by atoms with Gasteiger partial charge in [0.15, 0.2) is 6.61 Å². The molecule has 146 valence electrons. The first-order valence-corrected chi connectivity index (χ1v) is 8.49. The number of carbonyl (C=O) groups is 3. The summed E-state index contributed by atoms with van der Waals surface area (Å²) in [7, 11) is 0. The molecule has 2 rings (SSSR count). The smallest absolute Gasteiger partial charge is 0.306 e. The number of nitrogens with zero attached hydrogens (tertiary/aromatic N) is 1. The van der Waals surface area contributed by atoms with Gasteiger partial charge in [-0.1, -0.05) is 24.3 Å². The number of nitro groups is 1. The molecule has 0 spiro atoms. The third-order valence-corrected chi connectivity index (χ3v) is 3.55. The molecule has 0 saturated carbocycles. The summed E-state index contributed by atoms with van der Waals surface area (Å²) in [5, 5.41) is 15.8. The molecule has 0 aromatic heterocycles. The molecule has 9 heteroatoms. The van der Waals surface area contributed by atoms with E-state index in [1.807, 2.05) is 6.07 Å². The second-order valence-electron chi connectivity index (χ2n) is 5.78. The molecule has 0 aliphatic heterocycles. The Morgan fingerprint density at radius 3 is 2.29 bits per heavy atom. The molecular weight excluding hydrogens is 366 g/mol. The number of hydrogen-bond donors (Lipinski definition) is 2. The van der Waals surface area contributed by atoms with Gasteiger partial charge < -0.3 is 15.4 Å². The number of carbonyl (C=O) groups excluding carboxylic acids is 3. The van der Waals surface area contributed by atoms with Crippen molar-refractivity contribution in [3.63, 3.8) is 0 Å². The predicted molar refractivity (Wildman–Crippen MR) is 102 cm³/mol. The fraction of sp³-hybridized carbons (Fsp3) is 0.211. The van der Waals surface area contributed by atoms with E-state index in [0.29, 0.717) is 11.4 Å². The van der Waals surface area contributed by atoms with Crippen LogP contribution in [0.3, 0.4) is 0 Å². The Bertz CT molecular complexity index is 854. The summed E-state index contributed by atoms with van der Waals surface area (Å²) in [6.45, 7) is -0.409. The van der Waals surface area contributed by atoms with Gasteiger partial charge in [0, 0.05) is 36.3 Å². The molecule has 2 N–H and O–H groups in total. The summed E-state index contributed by atoms with van der Waals surface area (Å²) in [5.74, 6) is -1.43. The van der Waals surface area contributed by atoms with Gasteiger partial charge in [0.05, 0.1) is 4.92 Å². The molecule has 28 heavy (non-hydrogen) atoms. The zero-order chi connectivity index (χ0) is 20.4. The second kappa shape index (κ2) is 10.4. The number of benzene rings is 2. The van der Waals surface area contributed by atoms with Crippen LogP contribution in [0.25, 0.3) is 0 Å². The Labute approximate surface area is 160 Å². The maximum absolute atomic E-state index is 11.8. The number of para-hydroxylation sites is 1. The Morgan fingerprint density at radius 2 is 1.57 bits per heavy atom. The third kappa shape index (κ3) is 7.24. The van der Waals surface area contributed by atoms with Crippen molar-refractivity contribution in [2.24, 2.45) is 0 Å². The molecule has 0 bridgehead atoms. The summed E-state index contributed by atoms with van der Waals surface area (Å²) in [6.07, 6.45) is 0.231. The van der Waals surface area contributed by atoms with Crippen molar-refractivity contribution in [1.29, 1.82) is 0 Å². The molecule has 2 aromatic rings. The van der Waals surface area contributed by atoms with Crippen LogP contribution in [-0.2, 0) is 19.1 Å². The lowest BCUT2D eigenvalue weighted by Gasteiger charge is -2.07. The first kappa shape index (κ1) is 20.6. The number of non-ortho nitro benzene ring substituents is 1. The number of nitrogens with one attached hydrogen (secondary N) is 2. The lowest BCUT2D eigenvalue weighted by molar-refractivity contribution is -0.384. The normalized spacial score (nSPS) is 10.0. The largest absolute Gasteiger partial charge is 0.456 e. The lowest BCUT2D eigenvalue weighted by atomic mass is 10.2. The van der Waals surface area contributed by atoms with Crippen molar-refractivity contribution in [2.75, 3.05) is 17.2 Å². The van der Waals surface area contributed by atoms with E-state index in [9.17, 15) is 24.5 Å².